The molecule has 0 aliphatic carbocycles. The van der Waals surface area contributed by atoms with E-state index in [1.165, 1.54) is 12.1 Å². The number of para-hydroxylation sites is 1. The van der Waals surface area contributed by atoms with E-state index >= 15 is 0 Å². The minimum absolute atomic E-state index is 0.105. The number of halogens is 4. The summed E-state index contributed by atoms with van der Waals surface area (Å²) < 4.78 is 52.7. The Labute approximate surface area is 142 Å². The zero-order chi connectivity index (χ0) is 18.0. The molecule has 2 aromatic rings. The SMILES string of the molecule is NCc1ccc(C(F)(F)F)nc1N1CCN(c2ccccc2F)CC1. The van der Waals surface area contributed by atoms with Crippen molar-refractivity contribution >= 4 is 11.5 Å². The van der Waals surface area contributed by atoms with E-state index in [4.69, 9.17) is 5.73 Å². The van der Waals surface area contributed by atoms with Crippen molar-refractivity contribution in [3.05, 3.63) is 53.5 Å². The Balaban J connectivity index is 1.80. The number of aromatic nitrogens is 1. The zero-order valence-corrected chi connectivity index (χ0v) is 13.4. The summed E-state index contributed by atoms with van der Waals surface area (Å²) in [5.41, 5.74) is 5.77. The quantitative estimate of drug-likeness (QED) is 0.861. The largest absolute Gasteiger partial charge is 0.433 e. The van der Waals surface area contributed by atoms with Crippen molar-refractivity contribution < 1.29 is 17.6 Å². The molecule has 8 heteroatoms. The number of hydrogen-bond donors (Lipinski definition) is 1. The predicted molar refractivity (Wildman–Crippen MR) is 88.0 cm³/mol. The predicted octanol–water partition coefficient (Wildman–Crippen LogP) is 3.02. The number of hydrogen-bond acceptors (Lipinski definition) is 4. The second kappa shape index (κ2) is 6.87. The monoisotopic (exact) mass is 354 g/mol. The Hall–Kier alpha value is -2.35. The molecule has 0 spiro atoms. The maximum Gasteiger partial charge on any atom is 0.433 e. The maximum absolute atomic E-state index is 13.9. The summed E-state index contributed by atoms with van der Waals surface area (Å²) in [5, 5.41) is 0. The molecule has 0 unspecified atom stereocenters. The molecule has 2 heterocycles. The summed E-state index contributed by atoms with van der Waals surface area (Å²) >= 11 is 0. The Morgan fingerprint density at radius 2 is 1.60 bits per heavy atom. The van der Waals surface area contributed by atoms with Crippen LogP contribution in [0.5, 0.6) is 0 Å². The molecule has 0 atom stereocenters. The highest BCUT2D eigenvalue weighted by atomic mass is 19.4. The Kier molecular flexibility index (Phi) is 4.80. The van der Waals surface area contributed by atoms with Gasteiger partial charge in [-0.15, -0.1) is 0 Å². The second-order valence-corrected chi connectivity index (χ2v) is 5.81. The number of piperazine rings is 1. The average Bonchev–Trinajstić information content (AvgIpc) is 2.61. The van der Waals surface area contributed by atoms with Gasteiger partial charge in [-0.2, -0.15) is 13.2 Å². The summed E-state index contributed by atoms with van der Waals surface area (Å²) in [6.45, 7) is 1.96. The standard InChI is InChI=1S/C17H18F4N4/c18-13-3-1-2-4-14(13)24-7-9-25(10-8-24)16-12(11-22)5-6-15(23-16)17(19,20)21/h1-6H,7-11,22H2. The van der Waals surface area contributed by atoms with Crippen LogP contribution in [0.2, 0.25) is 0 Å². The van der Waals surface area contributed by atoms with Crippen LogP contribution in [0.4, 0.5) is 29.1 Å². The van der Waals surface area contributed by atoms with Crippen molar-refractivity contribution in [1.29, 1.82) is 0 Å². The van der Waals surface area contributed by atoms with Gasteiger partial charge >= 0.3 is 6.18 Å². The summed E-state index contributed by atoms with van der Waals surface area (Å²) in [6, 6.07) is 8.78. The van der Waals surface area contributed by atoms with Crippen LogP contribution in [0.1, 0.15) is 11.3 Å². The van der Waals surface area contributed by atoms with Crippen molar-refractivity contribution in [3.8, 4) is 0 Å². The van der Waals surface area contributed by atoms with Gasteiger partial charge in [0, 0.05) is 38.3 Å². The van der Waals surface area contributed by atoms with Gasteiger partial charge < -0.3 is 15.5 Å². The fourth-order valence-corrected chi connectivity index (χ4v) is 2.94. The lowest BCUT2D eigenvalue weighted by molar-refractivity contribution is -0.141. The zero-order valence-electron chi connectivity index (χ0n) is 13.4. The van der Waals surface area contributed by atoms with E-state index in [2.05, 4.69) is 4.98 Å². The van der Waals surface area contributed by atoms with Gasteiger partial charge in [0.05, 0.1) is 5.69 Å². The van der Waals surface area contributed by atoms with Crippen LogP contribution in [0.25, 0.3) is 0 Å². The van der Waals surface area contributed by atoms with Gasteiger partial charge in [-0.25, -0.2) is 9.37 Å². The highest BCUT2D eigenvalue weighted by Crippen LogP contribution is 2.31. The molecular weight excluding hydrogens is 336 g/mol. The average molecular weight is 354 g/mol. The molecule has 0 bridgehead atoms. The van der Waals surface area contributed by atoms with Crippen molar-refractivity contribution in [1.82, 2.24) is 4.98 Å². The van der Waals surface area contributed by atoms with Crippen LogP contribution >= 0.6 is 0 Å². The number of rotatable bonds is 3. The topological polar surface area (TPSA) is 45.4 Å². The van der Waals surface area contributed by atoms with Crippen LogP contribution in [-0.4, -0.2) is 31.2 Å². The van der Waals surface area contributed by atoms with E-state index in [0.29, 0.717) is 37.4 Å². The highest BCUT2D eigenvalue weighted by Gasteiger charge is 2.34. The number of anilines is 2. The van der Waals surface area contributed by atoms with Gasteiger partial charge in [0.25, 0.3) is 0 Å². The van der Waals surface area contributed by atoms with E-state index in [0.717, 1.165) is 6.07 Å². The molecule has 134 valence electrons. The van der Waals surface area contributed by atoms with Gasteiger partial charge in [0.2, 0.25) is 0 Å². The molecule has 1 aromatic heterocycles. The minimum Gasteiger partial charge on any atom is -0.366 e. The lowest BCUT2D eigenvalue weighted by Gasteiger charge is -2.37. The summed E-state index contributed by atoms with van der Waals surface area (Å²) in [7, 11) is 0. The van der Waals surface area contributed by atoms with Crippen LogP contribution < -0.4 is 15.5 Å². The lowest BCUT2D eigenvalue weighted by atomic mass is 10.2. The van der Waals surface area contributed by atoms with Crippen molar-refractivity contribution in [3.63, 3.8) is 0 Å². The second-order valence-electron chi connectivity index (χ2n) is 5.81. The molecule has 0 amide bonds. The Bertz CT molecular complexity index is 740. The first kappa shape index (κ1) is 17.5. The van der Waals surface area contributed by atoms with Crippen molar-refractivity contribution in [2.24, 2.45) is 5.73 Å². The molecule has 1 aliphatic rings. The maximum atomic E-state index is 13.9. The normalized spacial score (nSPS) is 15.6. The first-order chi connectivity index (χ1) is 11.9. The van der Waals surface area contributed by atoms with Gasteiger partial charge in [0.15, 0.2) is 0 Å². The molecule has 4 nitrogen and oxygen atoms in total. The van der Waals surface area contributed by atoms with Crippen molar-refractivity contribution in [2.45, 2.75) is 12.7 Å². The van der Waals surface area contributed by atoms with Crippen LogP contribution in [0.3, 0.4) is 0 Å². The van der Waals surface area contributed by atoms with E-state index in [1.54, 1.807) is 23.1 Å². The number of alkyl halides is 3. The van der Waals surface area contributed by atoms with E-state index in [1.807, 2.05) is 4.90 Å². The summed E-state index contributed by atoms with van der Waals surface area (Å²) in [4.78, 5) is 7.43. The molecule has 25 heavy (non-hydrogen) atoms. The number of benzene rings is 1. The molecule has 1 saturated heterocycles. The van der Waals surface area contributed by atoms with Gasteiger partial charge in [0.1, 0.15) is 17.3 Å². The fraction of sp³-hybridized carbons (Fsp3) is 0.353. The minimum atomic E-state index is -4.50. The smallest absolute Gasteiger partial charge is 0.366 e. The molecule has 0 radical (unpaired) electrons. The summed E-state index contributed by atoms with van der Waals surface area (Å²) in [6.07, 6.45) is -4.50. The molecule has 0 saturated carbocycles. The fourth-order valence-electron chi connectivity index (χ4n) is 2.94. The number of nitrogens with zero attached hydrogens (tertiary/aromatic N) is 3. The third-order valence-electron chi connectivity index (χ3n) is 4.24. The van der Waals surface area contributed by atoms with Gasteiger partial charge in [-0.1, -0.05) is 18.2 Å². The number of nitrogens with two attached hydrogens (primary N) is 1. The lowest BCUT2D eigenvalue weighted by Crippen LogP contribution is -2.47. The summed E-state index contributed by atoms with van der Waals surface area (Å²) in [5.74, 6) is -0.0544. The molecule has 1 aliphatic heterocycles. The van der Waals surface area contributed by atoms with Gasteiger partial charge in [-0.05, 0) is 18.2 Å². The molecule has 1 aromatic carbocycles. The van der Waals surface area contributed by atoms with Crippen LogP contribution in [-0.2, 0) is 12.7 Å². The Morgan fingerprint density at radius 1 is 0.960 bits per heavy atom. The molecular formula is C17H18F4N4. The number of pyridine rings is 1. The van der Waals surface area contributed by atoms with Crippen LogP contribution in [0, 0.1) is 5.82 Å². The van der Waals surface area contributed by atoms with Gasteiger partial charge in [-0.3, -0.25) is 0 Å². The molecule has 3 rings (SSSR count). The highest BCUT2D eigenvalue weighted by molar-refractivity contribution is 5.53. The first-order valence-corrected chi connectivity index (χ1v) is 7.92. The molecule has 1 fully saturated rings. The first-order valence-electron chi connectivity index (χ1n) is 7.92. The Morgan fingerprint density at radius 3 is 2.20 bits per heavy atom. The third kappa shape index (κ3) is 3.68. The van der Waals surface area contributed by atoms with Crippen LogP contribution in [0.15, 0.2) is 36.4 Å². The van der Waals surface area contributed by atoms with Crippen molar-refractivity contribution in [2.75, 3.05) is 36.0 Å². The van der Waals surface area contributed by atoms with E-state index in [9.17, 15) is 17.6 Å². The van der Waals surface area contributed by atoms with E-state index < -0.39 is 11.9 Å². The third-order valence-corrected chi connectivity index (χ3v) is 4.24. The molecule has 2 N–H and O–H groups in total. The van der Waals surface area contributed by atoms with E-state index in [-0.39, 0.29) is 18.2 Å².